The zero-order chi connectivity index (χ0) is 45.0. The molecule has 2 saturated carbocycles. The van der Waals surface area contributed by atoms with Crippen LogP contribution in [0.25, 0.3) is 17.0 Å². The molecule has 0 aromatic heterocycles. The van der Waals surface area contributed by atoms with Crippen molar-refractivity contribution >= 4 is 12.2 Å². The van der Waals surface area contributed by atoms with Crippen LogP contribution in [0.4, 0.5) is 0 Å². The van der Waals surface area contributed by atoms with Gasteiger partial charge in [-0.3, -0.25) is 0 Å². The first kappa shape index (κ1) is 48.4. The molecule has 4 aromatic carbocycles. The van der Waals surface area contributed by atoms with Crippen molar-refractivity contribution in [1.82, 2.24) is 0 Å². The molecule has 6 rings (SSSR count). The minimum Gasteiger partial charge on any atom is -0.508 e. The average Bonchev–Trinajstić information content (AvgIpc) is 3.91. The lowest BCUT2D eigenvalue weighted by Crippen LogP contribution is -2.26. The minimum absolute atomic E-state index is 0.0461. The third-order valence-electron chi connectivity index (χ3n) is 14.5. The van der Waals surface area contributed by atoms with Gasteiger partial charge in [-0.25, -0.2) is 6.57 Å². The standard InChI is InChI=1S/C31H41NO2.C26H34O2/c1-6-31(7-2,28-14-15-29(25(4)23-28)34-21-11-10-20-32-5)27-13-12-26(24(3)22-27)16-19-30(33)17-8-9-18-30;1-5-26(6-2,23-11-12-24(27)20(4)18-23)22-10-9-21(19(3)17-22)13-16-25(28)14-7-8-15-25/h12-16,19,22-23,33H,6-11,17-18,20-21H2,1-4H3;9-13,16-18,27-28H,5-8,14-15H2,1-4H3/b19-16+;16-13+. The molecule has 0 radical (unpaired) electrons. The van der Waals surface area contributed by atoms with Gasteiger partial charge in [-0.05, 0) is 153 Å². The van der Waals surface area contributed by atoms with Gasteiger partial charge in [0.05, 0.1) is 17.8 Å². The van der Waals surface area contributed by atoms with Gasteiger partial charge in [-0.1, -0.05) is 138 Å². The monoisotopic (exact) mass is 838 g/mol. The molecule has 0 atom stereocenters. The SMILES string of the molecule is CCC(CC)(c1ccc(O)c(C)c1)c1ccc(/C=C/C2(O)CCCC2)c(C)c1.[C-]#[N+]CCCCOc1ccc(C(CC)(CC)c2ccc(/C=C/C3(O)CCCC3)c(C)c2)cc1C. The Balaban J connectivity index is 0.000000238. The molecule has 5 nitrogen and oxygen atoms in total. The smallest absolute Gasteiger partial charge is 0.214 e. The number of phenolic OH excluding ortho intramolecular Hbond substituents is 1. The van der Waals surface area contributed by atoms with Gasteiger partial charge in [0.25, 0.3) is 0 Å². The summed E-state index contributed by atoms with van der Waals surface area (Å²) < 4.78 is 6.01. The predicted molar refractivity (Wildman–Crippen MR) is 260 cm³/mol. The van der Waals surface area contributed by atoms with Crippen molar-refractivity contribution in [1.29, 1.82) is 0 Å². The summed E-state index contributed by atoms with van der Waals surface area (Å²) in [6.07, 6.45) is 22.0. The second-order valence-electron chi connectivity index (χ2n) is 18.4. The lowest BCUT2D eigenvalue weighted by atomic mass is 9.70. The van der Waals surface area contributed by atoms with Gasteiger partial charge in [0.15, 0.2) is 0 Å². The van der Waals surface area contributed by atoms with Crippen LogP contribution in [0.5, 0.6) is 11.5 Å². The zero-order valence-electron chi connectivity index (χ0n) is 39.2. The quantitative estimate of drug-likeness (QED) is 0.0731. The Morgan fingerprint density at radius 2 is 0.984 bits per heavy atom. The van der Waals surface area contributed by atoms with E-state index < -0.39 is 11.2 Å². The normalized spacial score (nSPS) is 16.1. The largest absolute Gasteiger partial charge is 0.508 e. The highest BCUT2D eigenvalue weighted by Crippen LogP contribution is 2.43. The summed E-state index contributed by atoms with van der Waals surface area (Å²) in [5, 5.41) is 31.2. The van der Waals surface area contributed by atoms with Gasteiger partial charge in [-0.2, -0.15) is 0 Å². The van der Waals surface area contributed by atoms with Gasteiger partial charge >= 0.3 is 0 Å². The van der Waals surface area contributed by atoms with Crippen molar-refractivity contribution in [2.75, 3.05) is 13.2 Å². The maximum atomic E-state index is 10.7. The van der Waals surface area contributed by atoms with Crippen LogP contribution in [-0.4, -0.2) is 39.7 Å². The summed E-state index contributed by atoms with van der Waals surface area (Å²) in [6.45, 7) is 25.6. The molecule has 62 heavy (non-hydrogen) atoms. The number of aromatic hydroxyl groups is 1. The first-order chi connectivity index (χ1) is 29.7. The van der Waals surface area contributed by atoms with Crippen LogP contribution in [-0.2, 0) is 10.8 Å². The molecule has 0 unspecified atom stereocenters. The van der Waals surface area contributed by atoms with Crippen molar-refractivity contribution in [3.63, 3.8) is 0 Å². The molecule has 332 valence electrons. The van der Waals surface area contributed by atoms with E-state index in [9.17, 15) is 15.3 Å². The summed E-state index contributed by atoms with van der Waals surface area (Å²) >= 11 is 0. The fourth-order valence-electron chi connectivity index (χ4n) is 10.1. The van der Waals surface area contributed by atoms with Crippen LogP contribution >= 0.6 is 0 Å². The van der Waals surface area contributed by atoms with Crippen LogP contribution < -0.4 is 4.74 Å². The second kappa shape index (κ2) is 21.6. The first-order valence-electron chi connectivity index (χ1n) is 23.6. The lowest BCUT2D eigenvalue weighted by Gasteiger charge is -2.34. The van der Waals surface area contributed by atoms with Crippen molar-refractivity contribution in [2.45, 2.75) is 167 Å². The first-order valence-corrected chi connectivity index (χ1v) is 23.6. The summed E-state index contributed by atoms with van der Waals surface area (Å²) in [5.74, 6) is 1.29. The number of hydrogen-bond donors (Lipinski definition) is 3. The molecule has 0 aliphatic heterocycles. The third-order valence-corrected chi connectivity index (χ3v) is 14.5. The Morgan fingerprint density at radius 3 is 1.37 bits per heavy atom. The molecule has 0 saturated heterocycles. The molecule has 2 aliphatic carbocycles. The van der Waals surface area contributed by atoms with E-state index >= 15 is 0 Å². The topological polar surface area (TPSA) is 74.3 Å². The lowest BCUT2D eigenvalue weighted by molar-refractivity contribution is 0.0996. The third kappa shape index (κ3) is 11.3. The molecule has 3 N–H and O–H groups in total. The number of aryl methyl sites for hydroxylation is 4. The van der Waals surface area contributed by atoms with E-state index in [1.165, 1.54) is 44.5 Å². The maximum absolute atomic E-state index is 10.7. The summed E-state index contributed by atoms with van der Waals surface area (Å²) in [6, 6.07) is 26.2. The molecule has 0 bridgehead atoms. The Bertz CT molecular complexity index is 2180. The molecule has 0 amide bonds. The second-order valence-corrected chi connectivity index (χ2v) is 18.4. The molecular formula is C57H75NO4. The van der Waals surface area contributed by atoms with E-state index in [-0.39, 0.29) is 10.8 Å². The van der Waals surface area contributed by atoms with Gasteiger partial charge in [-0.15, -0.1) is 0 Å². The Morgan fingerprint density at radius 1 is 0.581 bits per heavy atom. The van der Waals surface area contributed by atoms with Crippen molar-refractivity contribution in [2.24, 2.45) is 0 Å². The van der Waals surface area contributed by atoms with Crippen molar-refractivity contribution in [3.8, 4) is 11.5 Å². The van der Waals surface area contributed by atoms with E-state index in [0.717, 1.165) is 107 Å². The van der Waals surface area contributed by atoms with Gasteiger partial charge in [0, 0.05) is 17.3 Å². The number of rotatable bonds is 17. The van der Waals surface area contributed by atoms with E-state index in [4.69, 9.17) is 11.3 Å². The number of phenols is 1. The fraction of sp³-hybridized carbons (Fsp3) is 0.491. The van der Waals surface area contributed by atoms with E-state index in [1.54, 1.807) is 0 Å². The predicted octanol–water partition coefficient (Wildman–Crippen LogP) is 14.2. The van der Waals surface area contributed by atoms with E-state index in [1.807, 2.05) is 25.1 Å². The van der Waals surface area contributed by atoms with E-state index in [0.29, 0.717) is 18.9 Å². The number of benzene rings is 4. The Hall–Kier alpha value is -4.63. The molecule has 5 heteroatoms. The van der Waals surface area contributed by atoms with Crippen LogP contribution in [0.15, 0.2) is 84.9 Å². The van der Waals surface area contributed by atoms with Gasteiger partial charge in [0.2, 0.25) is 6.54 Å². The highest BCUT2D eigenvalue weighted by molar-refractivity contribution is 5.59. The summed E-state index contributed by atoms with van der Waals surface area (Å²) in [4.78, 5) is 3.41. The molecule has 4 aromatic rings. The van der Waals surface area contributed by atoms with E-state index in [2.05, 4.69) is 132 Å². The summed E-state index contributed by atoms with van der Waals surface area (Å²) in [5.41, 5.74) is 10.8. The number of hydrogen-bond acceptors (Lipinski definition) is 4. The summed E-state index contributed by atoms with van der Waals surface area (Å²) in [7, 11) is 0. The molecule has 2 fully saturated rings. The highest BCUT2D eigenvalue weighted by atomic mass is 16.5. The maximum Gasteiger partial charge on any atom is 0.214 e. The Labute approximate surface area is 374 Å². The zero-order valence-corrected chi connectivity index (χ0v) is 39.2. The number of nitrogens with zero attached hydrogens (tertiary/aromatic N) is 1. The molecular weight excluding hydrogens is 763 g/mol. The average molecular weight is 838 g/mol. The van der Waals surface area contributed by atoms with Crippen LogP contribution in [0.3, 0.4) is 0 Å². The minimum atomic E-state index is -0.625. The molecule has 2 aliphatic rings. The highest BCUT2D eigenvalue weighted by Gasteiger charge is 2.33. The van der Waals surface area contributed by atoms with Crippen molar-refractivity contribution < 1.29 is 20.1 Å². The van der Waals surface area contributed by atoms with Crippen molar-refractivity contribution in [3.05, 3.63) is 152 Å². The van der Waals surface area contributed by atoms with Crippen LogP contribution in [0.2, 0.25) is 0 Å². The number of aliphatic hydroxyl groups is 2. The Kier molecular flexibility index (Phi) is 16.9. The van der Waals surface area contributed by atoms with Crippen LogP contribution in [0, 0.1) is 34.3 Å². The fourth-order valence-corrected chi connectivity index (χ4v) is 10.1. The molecule has 0 heterocycles. The number of unbranched alkanes of at least 4 members (excludes halogenated alkanes) is 1. The van der Waals surface area contributed by atoms with Crippen LogP contribution in [0.1, 0.15) is 173 Å². The number of ether oxygens (including phenoxy) is 1. The van der Waals surface area contributed by atoms with Gasteiger partial charge in [0.1, 0.15) is 11.5 Å². The van der Waals surface area contributed by atoms with Gasteiger partial charge < -0.3 is 24.9 Å². The molecule has 0 spiro atoms.